The van der Waals surface area contributed by atoms with E-state index in [0.717, 1.165) is 24.0 Å². The Morgan fingerprint density at radius 3 is 2.26 bits per heavy atom. The fraction of sp³-hybridized carbons (Fsp3) is 0.379. The van der Waals surface area contributed by atoms with Crippen LogP contribution in [0, 0.1) is 5.82 Å². The highest BCUT2D eigenvalue weighted by Crippen LogP contribution is 2.31. The number of aliphatic hydroxyl groups excluding tert-OH is 1. The van der Waals surface area contributed by atoms with Gasteiger partial charge in [-0.25, -0.2) is 12.8 Å². The van der Waals surface area contributed by atoms with Crippen LogP contribution in [0.3, 0.4) is 0 Å². The second-order valence-corrected chi connectivity index (χ2v) is 12.2. The van der Waals surface area contributed by atoms with Gasteiger partial charge in [0.2, 0.25) is 0 Å². The van der Waals surface area contributed by atoms with Crippen LogP contribution in [-0.2, 0) is 34.6 Å². The van der Waals surface area contributed by atoms with Gasteiger partial charge in [-0.3, -0.25) is 4.90 Å². The molecule has 3 rings (SSSR count). The standard InChI is InChI=1S/C29H33F4NO4S/c1-28(2,23-9-11-25(30)12-10-23)20-34(18-21-6-4-7-24(16-21)29(31,32)33)14-5-15-38-26-13-8-22(19-35)27(17-26)39(3,36)37/h4,6-13,16-17,35H,5,14-15,18-20H2,1-3H3. The lowest BCUT2D eigenvalue weighted by molar-refractivity contribution is -0.137. The predicted molar refractivity (Wildman–Crippen MR) is 142 cm³/mol. The topological polar surface area (TPSA) is 66.8 Å². The first kappa shape index (κ1) is 30.6. The number of hydrogen-bond acceptors (Lipinski definition) is 5. The SMILES string of the molecule is CC(C)(CN(CCCOc1ccc(CO)c(S(C)(=O)=O)c1)Cc1cccc(C(F)(F)F)c1)c1ccc(F)cc1. The molecule has 0 amide bonds. The molecule has 0 aliphatic carbocycles. The van der Waals surface area contributed by atoms with Crippen molar-refractivity contribution < 1.29 is 35.8 Å². The molecule has 39 heavy (non-hydrogen) atoms. The van der Waals surface area contributed by atoms with E-state index in [-0.39, 0.29) is 29.4 Å². The van der Waals surface area contributed by atoms with Crippen LogP contribution in [0.25, 0.3) is 0 Å². The van der Waals surface area contributed by atoms with Gasteiger partial charge < -0.3 is 9.84 Å². The third kappa shape index (κ3) is 8.78. The average molecular weight is 568 g/mol. The van der Waals surface area contributed by atoms with Crippen molar-refractivity contribution in [2.45, 2.75) is 49.9 Å². The minimum Gasteiger partial charge on any atom is -0.494 e. The van der Waals surface area contributed by atoms with E-state index < -0.39 is 33.6 Å². The first-order chi connectivity index (χ1) is 18.2. The molecular weight excluding hydrogens is 534 g/mol. The lowest BCUT2D eigenvalue weighted by Gasteiger charge is -2.33. The summed E-state index contributed by atoms with van der Waals surface area (Å²) in [5.74, 6) is -0.0118. The smallest absolute Gasteiger partial charge is 0.416 e. The quantitative estimate of drug-likeness (QED) is 0.215. The monoisotopic (exact) mass is 567 g/mol. The molecular formula is C29H33F4NO4S. The van der Waals surface area contributed by atoms with Crippen molar-refractivity contribution >= 4 is 9.84 Å². The summed E-state index contributed by atoms with van der Waals surface area (Å²) < 4.78 is 83.2. The van der Waals surface area contributed by atoms with E-state index in [0.29, 0.717) is 30.8 Å². The molecule has 0 bridgehead atoms. The molecule has 3 aromatic carbocycles. The summed E-state index contributed by atoms with van der Waals surface area (Å²) in [6, 6.07) is 15.9. The lowest BCUT2D eigenvalue weighted by Crippen LogP contribution is -2.37. The number of nitrogens with zero attached hydrogens (tertiary/aromatic N) is 1. The van der Waals surface area contributed by atoms with Crippen molar-refractivity contribution in [3.63, 3.8) is 0 Å². The first-order valence-corrected chi connectivity index (χ1v) is 14.3. The van der Waals surface area contributed by atoms with Gasteiger partial charge in [0.25, 0.3) is 0 Å². The molecule has 0 aromatic heterocycles. The van der Waals surface area contributed by atoms with Gasteiger partial charge in [-0.2, -0.15) is 13.2 Å². The fourth-order valence-electron chi connectivity index (χ4n) is 4.45. The molecule has 0 saturated heterocycles. The zero-order chi connectivity index (χ0) is 28.8. The molecule has 212 valence electrons. The summed E-state index contributed by atoms with van der Waals surface area (Å²) in [7, 11) is -3.56. The van der Waals surface area contributed by atoms with E-state index in [9.17, 15) is 31.1 Å². The van der Waals surface area contributed by atoms with Crippen molar-refractivity contribution in [1.82, 2.24) is 4.90 Å². The Labute approximate surface area is 227 Å². The van der Waals surface area contributed by atoms with Crippen LogP contribution in [0.15, 0.2) is 71.6 Å². The molecule has 5 nitrogen and oxygen atoms in total. The van der Waals surface area contributed by atoms with E-state index >= 15 is 0 Å². The Morgan fingerprint density at radius 2 is 1.64 bits per heavy atom. The molecule has 0 spiro atoms. The first-order valence-electron chi connectivity index (χ1n) is 12.4. The normalized spacial score (nSPS) is 12.6. The van der Waals surface area contributed by atoms with Gasteiger partial charge in [-0.05, 0) is 53.4 Å². The molecule has 0 radical (unpaired) electrons. The largest absolute Gasteiger partial charge is 0.494 e. The Balaban J connectivity index is 1.74. The van der Waals surface area contributed by atoms with Crippen molar-refractivity contribution in [1.29, 1.82) is 0 Å². The minimum absolute atomic E-state index is 0.00489. The molecule has 10 heteroatoms. The summed E-state index contributed by atoms with van der Waals surface area (Å²) in [5, 5.41) is 9.43. The molecule has 0 saturated carbocycles. The van der Waals surface area contributed by atoms with Crippen LogP contribution in [0.1, 0.15) is 42.5 Å². The number of ether oxygens (including phenoxy) is 1. The molecule has 0 aliphatic heterocycles. The van der Waals surface area contributed by atoms with Crippen molar-refractivity contribution in [2.24, 2.45) is 0 Å². The maximum Gasteiger partial charge on any atom is 0.416 e. The summed E-state index contributed by atoms with van der Waals surface area (Å²) in [6.45, 7) is 5.02. The second-order valence-electron chi connectivity index (χ2n) is 10.2. The summed E-state index contributed by atoms with van der Waals surface area (Å²) in [6.07, 6.45) is -2.88. The van der Waals surface area contributed by atoms with Gasteiger partial charge >= 0.3 is 6.18 Å². The van der Waals surface area contributed by atoms with Gasteiger partial charge in [-0.1, -0.05) is 50.2 Å². The van der Waals surface area contributed by atoms with Crippen LogP contribution >= 0.6 is 0 Å². The maximum absolute atomic E-state index is 13.5. The molecule has 0 fully saturated rings. The van der Waals surface area contributed by atoms with Crippen LogP contribution < -0.4 is 4.74 Å². The van der Waals surface area contributed by atoms with Gasteiger partial charge in [0, 0.05) is 31.3 Å². The van der Waals surface area contributed by atoms with E-state index in [4.69, 9.17) is 4.74 Å². The number of hydrogen-bond donors (Lipinski definition) is 1. The van der Waals surface area contributed by atoms with E-state index in [1.54, 1.807) is 24.3 Å². The Morgan fingerprint density at radius 1 is 0.949 bits per heavy atom. The molecule has 0 heterocycles. The minimum atomic E-state index is -4.45. The zero-order valence-electron chi connectivity index (χ0n) is 22.1. The van der Waals surface area contributed by atoms with Crippen molar-refractivity contribution in [3.05, 3.63) is 94.8 Å². The number of halogens is 4. The van der Waals surface area contributed by atoms with E-state index in [1.807, 2.05) is 18.7 Å². The fourth-order valence-corrected chi connectivity index (χ4v) is 5.39. The molecule has 1 N–H and O–H groups in total. The van der Waals surface area contributed by atoms with E-state index in [1.165, 1.54) is 30.3 Å². The number of rotatable bonds is 12. The predicted octanol–water partition coefficient (Wildman–Crippen LogP) is 5.99. The van der Waals surface area contributed by atoms with Crippen LogP contribution in [0.4, 0.5) is 17.6 Å². The average Bonchev–Trinajstić information content (AvgIpc) is 2.85. The second kappa shape index (κ2) is 12.5. The van der Waals surface area contributed by atoms with E-state index in [2.05, 4.69) is 0 Å². The lowest BCUT2D eigenvalue weighted by atomic mass is 9.84. The molecule has 0 atom stereocenters. The van der Waals surface area contributed by atoms with Gasteiger partial charge in [0.15, 0.2) is 9.84 Å². The van der Waals surface area contributed by atoms with Crippen molar-refractivity contribution in [2.75, 3.05) is 26.0 Å². The van der Waals surface area contributed by atoms with Crippen LogP contribution in [0.2, 0.25) is 0 Å². The number of aliphatic hydroxyl groups is 1. The van der Waals surface area contributed by atoms with Crippen molar-refractivity contribution in [3.8, 4) is 5.75 Å². The summed E-state index contributed by atoms with van der Waals surface area (Å²) >= 11 is 0. The molecule has 0 aliphatic rings. The highest BCUT2D eigenvalue weighted by atomic mass is 32.2. The maximum atomic E-state index is 13.5. The number of alkyl halides is 3. The Hall–Kier alpha value is -2.95. The highest BCUT2D eigenvalue weighted by Gasteiger charge is 2.31. The Bertz CT molecular complexity index is 1360. The van der Waals surface area contributed by atoms with Crippen LogP contribution in [-0.4, -0.2) is 44.4 Å². The zero-order valence-corrected chi connectivity index (χ0v) is 22.9. The number of sulfone groups is 1. The summed E-state index contributed by atoms with van der Waals surface area (Å²) in [4.78, 5) is 2.02. The third-order valence-electron chi connectivity index (χ3n) is 6.40. The highest BCUT2D eigenvalue weighted by molar-refractivity contribution is 7.90. The Kier molecular flexibility index (Phi) is 9.79. The van der Waals surface area contributed by atoms with Crippen LogP contribution in [0.5, 0.6) is 5.75 Å². The third-order valence-corrected chi connectivity index (χ3v) is 7.58. The molecule has 0 unspecified atom stereocenters. The molecule has 3 aromatic rings. The van der Waals surface area contributed by atoms with Gasteiger partial charge in [0.05, 0.1) is 23.7 Å². The van der Waals surface area contributed by atoms with Gasteiger partial charge in [-0.15, -0.1) is 0 Å². The van der Waals surface area contributed by atoms with Gasteiger partial charge in [0.1, 0.15) is 11.6 Å². The summed E-state index contributed by atoms with van der Waals surface area (Å²) in [5.41, 5.74) is 0.541. The number of benzene rings is 3.